The second-order valence-electron chi connectivity index (χ2n) is 7.25. The Morgan fingerprint density at radius 2 is 2.08 bits per heavy atom. The molecule has 2 amide bonds. The maximum Gasteiger partial charge on any atom is 0.273 e. The van der Waals surface area contributed by atoms with E-state index < -0.39 is 0 Å². The Labute approximate surface area is 154 Å². The van der Waals surface area contributed by atoms with Crippen LogP contribution in [0.3, 0.4) is 0 Å². The van der Waals surface area contributed by atoms with Gasteiger partial charge in [0.05, 0.1) is 11.7 Å². The van der Waals surface area contributed by atoms with Gasteiger partial charge in [0.15, 0.2) is 5.69 Å². The SMILES string of the molecule is Cc1c(C(=O)NCCCN2CCCCCC2=O)nnn1C1CCNCC1. The lowest BCUT2D eigenvalue weighted by Gasteiger charge is -2.23. The van der Waals surface area contributed by atoms with Crippen LogP contribution in [0.1, 0.15) is 67.2 Å². The molecule has 8 nitrogen and oxygen atoms in total. The van der Waals surface area contributed by atoms with Gasteiger partial charge >= 0.3 is 0 Å². The smallest absolute Gasteiger partial charge is 0.273 e. The number of likely N-dealkylation sites (tertiary alicyclic amines) is 1. The average molecular weight is 362 g/mol. The molecule has 0 bridgehead atoms. The molecule has 3 rings (SSSR count). The lowest BCUT2D eigenvalue weighted by Crippen LogP contribution is -2.34. The Bertz CT molecular complexity index is 623. The first kappa shape index (κ1) is 18.8. The highest BCUT2D eigenvalue weighted by atomic mass is 16.2. The van der Waals surface area contributed by atoms with Crippen molar-refractivity contribution in [1.82, 2.24) is 30.5 Å². The Kier molecular flexibility index (Phi) is 6.60. The Morgan fingerprint density at radius 3 is 2.88 bits per heavy atom. The normalized spacial score (nSPS) is 19.4. The number of nitrogens with zero attached hydrogens (tertiary/aromatic N) is 4. The van der Waals surface area contributed by atoms with Gasteiger partial charge in [-0.1, -0.05) is 11.6 Å². The summed E-state index contributed by atoms with van der Waals surface area (Å²) in [6.07, 6.45) is 6.65. The Morgan fingerprint density at radius 1 is 1.27 bits per heavy atom. The van der Waals surface area contributed by atoms with Crippen LogP contribution in [0.2, 0.25) is 0 Å². The number of carbonyl (C=O) groups is 2. The largest absolute Gasteiger partial charge is 0.351 e. The van der Waals surface area contributed by atoms with Crippen LogP contribution >= 0.6 is 0 Å². The van der Waals surface area contributed by atoms with Crippen molar-refractivity contribution >= 4 is 11.8 Å². The molecule has 0 saturated carbocycles. The third kappa shape index (κ3) is 4.60. The monoisotopic (exact) mass is 362 g/mol. The summed E-state index contributed by atoms with van der Waals surface area (Å²) < 4.78 is 1.89. The minimum absolute atomic E-state index is 0.176. The van der Waals surface area contributed by atoms with Crippen LogP contribution in [-0.4, -0.2) is 64.4 Å². The number of aromatic nitrogens is 3. The molecule has 0 aliphatic carbocycles. The highest BCUT2D eigenvalue weighted by Gasteiger charge is 2.23. The highest BCUT2D eigenvalue weighted by molar-refractivity contribution is 5.93. The molecule has 0 atom stereocenters. The Hall–Kier alpha value is -1.96. The molecule has 2 aliphatic rings. The van der Waals surface area contributed by atoms with Gasteiger partial charge in [0, 0.05) is 26.1 Å². The fourth-order valence-electron chi connectivity index (χ4n) is 3.78. The van der Waals surface area contributed by atoms with E-state index in [2.05, 4.69) is 20.9 Å². The molecule has 1 aromatic heterocycles. The number of hydrogen-bond acceptors (Lipinski definition) is 5. The van der Waals surface area contributed by atoms with E-state index in [9.17, 15) is 9.59 Å². The van der Waals surface area contributed by atoms with Crippen molar-refractivity contribution in [3.05, 3.63) is 11.4 Å². The first-order chi connectivity index (χ1) is 12.7. The standard InChI is InChI=1S/C18H30N6O2/c1-14-17(21-22-24(14)15-7-10-19-11-8-15)18(26)20-9-5-13-23-12-4-2-3-6-16(23)25/h15,19H,2-13H2,1H3,(H,20,26). The molecule has 144 valence electrons. The van der Waals surface area contributed by atoms with Gasteiger partial charge in [-0.15, -0.1) is 5.10 Å². The van der Waals surface area contributed by atoms with Crippen LogP contribution in [-0.2, 0) is 4.79 Å². The molecule has 0 unspecified atom stereocenters. The summed E-state index contributed by atoms with van der Waals surface area (Å²) in [5.41, 5.74) is 1.24. The number of rotatable bonds is 6. The molecule has 3 heterocycles. The summed E-state index contributed by atoms with van der Waals surface area (Å²) in [4.78, 5) is 26.3. The van der Waals surface area contributed by atoms with E-state index in [-0.39, 0.29) is 11.8 Å². The van der Waals surface area contributed by atoms with Gasteiger partial charge in [0.25, 0.3) is 5.91 Å². The predicted octanol–water partition coefficient (Wildman–Crippen LogP) is 1.03. The van der Waals surface area contributed by atoms with Gasteiger partial charge in [-0.2, -0.15) is 0 Å². The fourth-order valence-corrected chi connectivity index (χ4v) is 3.78. The number of hydrogen-bond donors (Lipinski definition) is 2. The summed E-state index contributed by atoms with van der Waals surface area (Å²) >= 11 is 0. The molecular weight excluding hydrogens is 332 g/mol. The van der Waals surface area contributed by atoms with E-state index in [4.69, 9.17) is 0 Å². The predicted molar refractivity (Wildman–Crippen MR) is 97.9 cm³/mol. The van der Waals surface area contributed by atoms with Crippen LogP contribution in [0.4, 0.5) is 0 Å². The van der Waals surface area contributed by atoms with Crippen LogP contribution in [0.25, 0.3) is 0 Å². The van der Waals surface area contributed by atoms with Crippen molar-refractivity contribution in [3.63, 3.8) is 0 Å². The lowest BCUT2D eigenvalue weighted by molar-refractivity contribution is -0.130. The summed E-state index contributed by atoms with van der Waals surface area (Å²) in [6.45, 7) is 5.95. The average Bonchev–Trinajstić information content (AvgIpc) is 2.92. The van der Waals surface area contributed by atoms with Crippen LogP contribution in [0.5, 0.6) is 0 Å². The summed E-state index contributed by atoms with van der Waals surface area (Å²) in [5, 5.41) is 14.6. The lowest BCUT2D eigenvalue weighted by atomic mass is 10.1. The molecule has 26 heavy (non-hydrogen) atoms. The third-order valence-corrected chi connectivity index (χ3v) is 5.36. The van der Waals surface area contributed by atoms with E-state index in [1.807, 2.05) is 16.5 Å². The molecule has 2 saturated heterocycles. The molecule has 2 fully saturated rings. The van der Waals surface area contributed by atoms with Gasteiger partial charge in [-0.05, 0) is 52.1 Å². The summed E-state index contributed by atoms with van der Waals surface area (Å²) in [7, 11) is 0. The molecule has 0 aromatic carbocycles. The number of nitrogens with one attached hydrogen (secondary N) is 2. The van der Waals surface area contributed by atoms with E-state index >= 15 is 0 Å². The van der Waals surface area contributed by atoms with E-state index in [1.54, 1.807) is 0 Å². The van der Waals surface area contributed by atoms with Crippen molar-refractivity contribution in [2.24, 2.45) is 0 Å². The molecule has 2 aliphatic heterocycles. The van der Waals surface area contributed by atoms with Gasteiger partial charge in [0.2, 0.25) is 5.91 Å². The minimum Gasteiger partial charge on any atom is -0.351 e. The van der Waals surface area contributed by atoms with Crippen LogP contribution < -0.4 is 10.6 Å². The molecule has 0 radical (unpaired) electrons. The topological polar surface area (TPSA) is 92.2 Å². The minimum atomic E-state index is -0.176. The molecule has 2 N–H and O–H groups in total. The van der Waals surface area contributed by atoms with Crippen molar-refractivity contribution in [1.29, 1.82) is 0 Å². The summed E-state index contributed by atoms with van der Waals surface area (Å²) in [5.74, 6) is 0.0689. The Balaban J connectivity index is 1.46. The molecule has 8 heteroatoms. The van der Waals surface area contributed by atoms with Gasteiger partial charge in [0.1, 0.15) is 0 Å². The third-order valence-electron chi connectivity index (χ3n) is 5.36. The van der Waals surface area contributed by atoms with Crippen molar-refractivity contribution in [2.45, 2.75) is 57.9 Å². The number of piperidine rings is 1. The van der Waals surface area contributed by atoms with Crippen molar-refractivity contribution < 1.29 is 9.59 Å². The van der Waals surface area contributed by atoms with Gasteiger partial charge < -0.3 is 15.5 Å². The van der Waals surface area contributed by atoms with Crippen molar-refractivity contribution in [2.75, 3.05) is 32.7 Å². The number of amides is 2. The molecule has 0 spiro atoms. The summed E-state index contributed by atoms with van der Waals surface area (Å²) in [6, 6.07) is 0.319. The maximum atomic E-state index is 12.4. The zero-order chi connectivity index (χ0) is 18.4. The second-order valence-corrected chi connectivity index (χ2v) is 7.25. The zero-order valence-corrected chi connectivity index (χ0v) is 15.7. The fraction of sp³-hybridized carbons (Fsp3) is 0.778. The highest BCUT2D eigenvalue weighted by Crippen LogP contribution is 2.20. The second kappa shape index (κ2) is 9.12. The van der Waals surface area contributed by atoms with E-state index in [1.165, 1.54) is 0 Å². The quantitative estimate of drug-likeness (QED) is 0.738. The maximum absolute atomic E-state index is 12.4. The molecule has 1 aromatic rings. The zero-order valence-electron chi connectivity index (χ0n) is 15.7. The van der Waals surface area contributed by atoms with E-state index in [0.29, 0.717) is 31.2 Å². The number of carbonyl (C=O) groups excluding carboxylic acids is 2. The van der Waals surface area contributed by atoms with Gasteiger partial charge in [-0.25, -0.2) is 4.68 Å². The molecular formula is C18H30N6O2. The van der Waals surface area contributed by atoms with Crippen molar-refractivity contribution in [3.8, 4) is 0 Å². The first-order valence-electron chi connectivity index (χ1n) is 9.85. The van der Waals surface area contributed by atoms with E-state index in [0.717, 1.165) is 63.9 Å². The first-order valence-corrected chi connectivity index (χ1v) is 9.85. The van der Waals surface area contributed by atoms with Crippen LogP contribution in [0.15, 0.2) is 0 Å². The van der Waals surface area contributed by atoms with Gasteiger partial charge in [-0.3, -0.25) is 9.59 Å². The van der Waals surface area contributed by atoms with Crippen LogP contribution in [0, 0.1) is 6.92 Å².